The maximum Gasteiger partial charge on any atom is 0.291 e. The average Bonchev–Trinajstić information content (AvgIpc) is 2.49. The lowest BCUT2D eigenvalue weighted by molar-refractivity contribution is -0.347. The molecule has 2 aromatic rings. The molecule has 3 nitrogen and oxygen atoms in total. The predicted molar refractivity (Wildman–Crippen MR) is 73.7 cm³/mol. The molecule has 0 fully saturated rings. The molecule has 0 spiro atoms. The first-order valence-electron chi connectivity index (χ1n) is 6.14. The van der Waals surface area contributed by atoms with Crippen LogP contribution < -0.4 is 0 Å². The van der Waals surface area contributed by atoms with Gasteiger partial charge in [0.2, 0.25) is 0 Å². The van der Waals surface area contributed by atoms with Gasteiger partial charge in [0.15, 0.2) is 0 Å². The van der Waals surface area contributed by atoms with Crippen molar-refractivity contribution < 1.29 is 14.6 Å². The van der Waals surface area contributed by atoms with Crippen LogP contribution in [0.5, 0.6) is 0 Å². The smallest absolute Gasteiger partial charge is 0.291 e. The number of benzene rings is 2. The van der Waals surface area contributed by atoms with Crippen molar-refractivity contribution in [3.05, 3.63) is 71.8 Å². The third-order valence-electron chi connectivity index (χ3n) is 3.22. The van der Waals surface area contributed by atoms with Crippen LogP contribution in [0.25, 0.3) is 0 Å². The van der Waals surface area contributed by atoms with Gasteiger partial charge in [-0.25, -0.2) is 0 Å². The monoisotopic (exact) mass is 258 g/mol. The first-order chi connectivity index (χ1) is 9.21. The highest BCUT2D eigenvalue weighted by Crippen LogP contribution is 2.35. The summed E-state index contributed by atoms with van der Waals surface area (Å²) in [6, 6.07) is 19.4. The molecule has 0 radical (unpaired) electrons. The molecule has 0 saturated heterocycles. The van der Waals surface area contributed by atoms with Crippen molar-refractivity contribution in [2.24, 2.45) is 0 Å². The molecule has 100 valence electrons. The summed E-state index contributed by atoms with van der Waals surface area (Å²) in [5.41, 5.74) is 1.86. The molecule has 19 heavy (non-hydrogen) atoms. The summed E-state index contributed by atoms with van der Waals surface area (Å²) < 4.78 is 10.4. The lowest BCUT2D eigenvalue weighted by atomic mass is 9.89. The van der Waals surface area contributed by atoms with Gasteiger partial charge in [0.1, 0.15) is 0 Å². The van der Waals surface area contributed by atoms with Crippen LogP contribution in [0.15, 0.2) is 60.7 Å². The fourth-order valence-electron chi connectivity index (χ4n) is 2.22. The number of hydrogen-bond donors (Lipinski definition) is 1. The molecule has 2 aromatic carbocycles. The predicted octanol–water partition coefficient (Wildman–Crippen LogP) is 2.76. The van der Waals surface area contributed by atoms with Crippen LogP contribution in [-0.2, 0) is 9.47 Å². The summed E-state index contributed by atoms with van der Waals surface area (Å²) in [5, 5.41) is 10.6. The Kier molecular flexibility index (Phi) is 4.32. The molecular weight excluding hydrogens is 240 g/mol. The van der Waals surface area contributed by atoms with Gasteiger partial charge in [0.25, 0.3) is 5.97 Å². The second kappa shape index (κ2) is 5.97. The van der Waals surface area contributed by atoms with Gasteiger partial charge in [-0.05, 0) is 11.1 Å². The Morgan fingerprint density at radius 1 is 0.789 bits per heavy atom. The maximum atomic E-state index is 10.6. The van der Waals surface area contributed by atoms with E-state index in [1.165, 1.54) is 14.2 Å². The second-order valence-corrected chi connectivity index (χ2v) is 4.29. The van der Waals surface area contributed by atoms with Crippen molar-refractivity contribution in [1.82, 2.24) is 0 Å². The van der Waals surface area contributed by atoms with Crippen LogP contribution in [-0.4, -0.2) is 25.3 Å². The van der Waals surface area contributed by atoms with E-state index in [4.69, 9.17) is 9.47 Å². The summed E-state index contributed by atoms with van der Waals surface area (Å²) in [6.07, 6.45) is 0. The van der Waals surface area contributed by atoms with E-state index < -0.39 is 11.9 Å². The van der Waals surface area contributed by atoms with Crippen LogP contribution in [0.3, 0.4) is 0 Å². The van der Waals surface area contributed by atoms with E-state index >= 15 is 0 Å². The van der Waals surface area contributed by atoms with Crippen LogP contribution in [0.1, 0.15) is 17.0 Å². The van der Waals surface area contributed by atoms with E-state index in [0.29, 0.717) is 0 Å². The van der Waals surface area contributed by atoms with Crippen molar-refractivity contribution in [3.8, 4) is 0 Å². The highest BCUT2D eigenvalue weighted by Gasteiger charge is 2.39. The molecule has 0 amide bonds. The summed E-state index contributed by atoms with van der Waals surface area (Å²) >= 11 is 0. The number of rotatable bonds is 5. The summed E-state index contributed by atoms with van der Waals surface area (Å²) in [7, 11) is 2.87. The van der Waals surface area contributed by atoms with Crippen LogP contribution in [0, 0.1) is 0 Å². The number of hydrogen-bond acceptors (Lipinski definition) is 3. The average molecular weight is 258 g/mol. The van der Waals surface area contributed by atoms with Crippen LogP contribution in [0.2, 0.25) is 0 Å². The number of methoxy groups -OCH3 is 2. The third-order valence-corrected chi connectivity index (χ3v) is 3.22. The maximum absolute atomic E-state index is 10.6. The Balaban J connectivity index is 2.52. The summed E-state index contributed by atoms with van der Waals surface area (Å²) in [6.45, 7) is 0. The fraction of sp³-hybridized carbons (Fsp3) is 0.250. The number of aliphatic hydroxyl groups is 1. The molecule has 2 rings (SSSR count). The van der Waals surface area contributed by atoms with Gasteiger partial charge in [-0.2, -0.15) is 0 Å². The molecule has 0 heterocycles. The summed E-state index contributed by atoms with van der Waals surface area (Å²) in [4.78, 5) is 0. The van der Waals surface area contributed by atoms with Crippen molar-refractivity contribution in [1.29, 1.82) is 0 Å². The van der Waals surface area contributed by atoms with Crippen molar-refractivity contribution in [3.63, 3.8) is 0 Å². The quantitative estimate of drug-likeness (QED) is 0.838. The van der Waals surface area contributed by atoms with Gasteiger partial charge in [0.05, 0.1) is 5.92 Å². The van der Waals surface area contributed by atoms with Gasteiger partial charge in [0, 0.05) is 14.2 Å². The van der Waals surface area contributed by atoms with E-state index in [1.54, 1.807) is 0 Å². The lowest BCUT2D eigenvalue weighted by Crippen LogP contribution is -2.40. The van der Waals surface area contributed by atoms with E-state index in [-0.39, 0.29) is 0 Å². The molecule has 1 N–H and O–H groups in total. The Hall–Kier alpha value is -1.68. The fourth-order valence-corrected chi connectivity index (χ4v) is 2.22. The standard InChI is InChI=1S/C16H18O3/c1-18-16(17,19-2)15(13-9-5-3-6-10-13)14-11-7-4-8-12-14/h3-12,15,17H,1-2H3. The lowest BCUT2D eigenvalue weighted by Gasteiger charge is -2.33. The zero-order valence-corrected chi connectivity index (χ0v) is 11.1. The van der Waals surface area contributed by atoms with Crippen molar-refractivity contribution in [2.75, 3.05) is 14.2 Å². The van der Waals surface area contributed by atoms with Crippen molar-refractivity contribution in [2.45, 2.75) is 11.9 Å². The Morgan fingerprint density at radius 2 is 1.16 bits per heavy atom. The molecule has 0 bridgehead atoms. The topological polar surface area (TPSA) is 38.7 Å². The Bertz CT molecular complexity index is 452. The highest BCUT2D eigenvalue weighted by molar-refractivity contribution is 5.34. The van der Waals surface area contributed by atoms with Gasteiger partial charge in [-0.1, -0.05) is 60.7 Å². The van der Waals surface area contributed by atoms with Gasteiger partial charge < -0.3 is 14.6 Å². The third kappa shape index (κ3) is 2.84. The van der Waals surface area contributed by atoms with E-state index in [2.05, 4.69) is 0 Å². The van der Waals surface area contributed by atoms with Crippen LogP contribution >= 0.6 is 0 Å². The normalized spacial score (nSPS) is 11.8. The molecule has 0 unspecified atom stereocenters. The first kappa shape index (κ1) is 13.7. The molecule has 0 saturated carbocycles. The zero-order valence-electron chi connectivity index (χ0n) is 11.1. The molecule has 0 aliphatic rings. The Morgan fingerprint density at radius 3 is 1.47 bits per heavy atom. The minimum Gasteiger partial charge on any atom is -0.343 e. The highest BCUT2D eigenvalue weighted by atomic mass is 16.8. The first-order valence-corrected chi connectivity index (χ1v) is 6.14. The van der Waals surface area contributed by atoms with Crippen molar-refractivity contribution >= 4 is 0 Å². The molecule has 0 atom stereocenters. The van der Waals surface area contributed by atoms with Gasteiger partial charge in [-0.15, -0.1) is 0 Å². The second-order valence-electron chi connectivity index (χ2n) is 4.29. The number of ether oxygens (including phenoxy) is 2. The molecule has 0 aromatic heterocycles. The minimum atomic E-state index is -1.69. The largest absolute Gasteiger partial charge is 0.343 e. The van der Waals surface area contributed by atoms with E-state index in [1.807, 2.05) is 60.7 Å². The molecule has 0 aliphatic heterocycles. The zero-order chi connectivity index (χ0) is 13.7. The minimum absolute atomic E-state index is 0.412. The van der Waals surface area contributed by atoms with Gasteiger partial charge >= 0.3 is 0 Å². The van der Waals surface area contributed by atoms with Gasteiger partial charge in [-0.3, -0.25) is 0 Å². The molecular formula is C16H18O3. The van der Waals surface area contributed by atoms with E-state index in [9.17, 15) is 5.11 Å². The molecule has 0 aliphatic carbocycles. The van der Waals surface area contributed by atoms with Crippen LogP contribution in [0.4, 0.5) is 0 Å². The van der Waals surface area contributed by atoms with E-state index in [0.717, 1.165) is 11.1 Å². The molecule has 3 heteroatoms. The SMILES string of the molecule is COC(O)(OC)C(c1ccccc1)c1ccccc1. The summed E-state index contributed by atoms with van der Waals surface area (Å²) in [5.74, 6) is -2.10. The Labute approximate surface area is 113 Å².